The zero-order valence-electron chi connectivity index (χ0n) is 19.6. The van der Waals surface area contributed by atoms with Gasteiger partial charge in [0.05, 0.1) is 33.2 Å². The summed E-state index contributed by atoms with van der Waals surface area (Å²) >= 11 is 0. The van der Waals surface area contributed by atoms with Crippen molar-refractivity contribution < 1.29 is 19.3 Å². The second-order valence-electron chi connectivity index (χ2n) is 7.48. The molecular formula is C27H25N3O5. The van der Waals surface area contributed by atoms with Gasteiger partial charge in [0.1, 0.15) is 34.4 Å². The molecule has 0 saturated heterocycles. The van der Waals surface area contributed by atoms with Crippen molar-refractivity contribution in [3.8, 4) is 28.7 Å². The minimum atomic E-state index is -0.361. The van der Waals surface area contributed by atoms with Crippen LogP contribution >= 0.6 is 0 Å². The highest BCUT2D eigenvalue weighted by molar-refractivity contribution is 5.85. The molecule has 0 amide bonds. The molecule has 4 rings (SSSR count). The first-order valence-electron chi connectivity index (χ1n) is 10.7. The fraction of sp³-hybridized carbons (Fsp3) is 0.111. The fourth-order valence-electron chi connectivity index (χ4n) is 3.45. The summed E-state index contributed by atoms with van der Waals surface area (Å²) in [5.41, 5.74) is 1.92. The highest BCUT2D eigenvalue weighted by atomic mass is 16.5. The number of anilines is 2. The van der Waals surface area contributed by atoms with E-state index in [1.807, 2.05) is 0 Å². The topological polar surface area (TPSA) is 94.3 Å². The van der Waals surface area contributed by atoms with Gasteiger partial charge < -0.3 is 24.6 Å². The second kappa shape index (κ2) is 10.5. The van der Waals surface area contributed by atoms with Gasteiger partial charge in [-0.1, -0.05) is 0 Å². The standard InChI is InChI=1S/C27H25N3O5/c1-33-21-10-4-18(5-11-21)28-17-25-26(31)16-24(29-19-6-12-22(34-2)13-7-19)27(32)30(25)20-8-14-23(35-3)15-9-20/h4-17,29,31H,1-3H3. The average Bonchev–Trinajstić information content (AvgIpc) is 2.90. The number of pyridine rings is 1. The van der Waals surface area contributed by atoms with E-state index in [0.29, 0.717) is 34.3 Å². The van der Waals surface area contributed by atoms with Crippen LogP contribution in [0.4, 0.5) is 17.1 Å². The van der Waals surface area contributed by atoms with Crippen molar-refractivity contribution in [3.63, 3.8) is 0 Å². The first-order chi connectivity index (χ1) is 17.0. The lowest BCUT2D eigenvalue weighted by Crippen LogP contribution is -2.24. The van der Waals surface area contributed by atoms with Gasteiger partial charge in [-0.15, -0.1) is 0 Å². The van der Waals surface area contributed by atoms with E-state index in [0.717, 1.165) is 0 Å². The molecule has 4 aromatic rings. The Morgan fingerprint density at radius 3 is 1.86 bits per heavy atom. The van der Waals surface area contributed by atoms with Crippen molar-refractivity contribution in [2.45, 2.75) is 0 Å². The Morgan fingerprint density at radius 2 is 1.31 bits per heavy atom. The summed E-state index contributed by atoms with van der Waals surface area (Å²) in [4.78, 5) is 18.0. The lowest BCUT2D eigenvalue weighted by atomic mass is 10.2. The summed E-state index contributed by atoms with van der Waals surface area (Å²) in [5, 5.41) is 14.0. The van der Waals surface area contributed by atoms with Crippen LogP contribution < -0.4 is 25.1 Å². The summed E-state index contributed by atoms with van der Waals surface area (Å²) in [6.07, 6.45) is 1.46. The monoisotopic (exact) mass is 471 g/mol. The SMILES string of the molecule is COc1ccc(N=Cc2c(O)cc(Nc3ccc(OC)cc3)c(=O)n2-c2ccc(OC)cc2)cc1. The minimum Gasteiger partial charge on any atom is -0.506 e. The van der Waals surface area contributed by atoms with Crippen LogP contribution in [-0.4, -0.2) is 37.2 Å². The maximum Gasteiger partial charge on any atom is 0.279 e. The molecule has 8 heteroatoms. The molecule has 0 saturated carbocycles. The van der Waals surface area contributed by atoms with Crippen LogP contribution in [0, 0.1) is 0 Å². The van der Waals surface area contributed by atoms with Gasteiger partial charge >= 0.3 is 0 Å². The van der Waals surface area contributed by atoms with E-state index in [1.54, 1.807) is 94.1 Å². The molecule has 0 bridgehead atoms. The Morgan fingerprint density at radius 1 is 0.800 bits per heavy atom. The lowest BCUT2D eigenvalue weighted by molar-refractivity contribution is 0.414. The summed E-state index contributed by atoms with van der Waals surface area (Å²) in [7, 11) is 4.74. The van der Waals surface area contributed by atoms with E-state index in [-0.39, 0.29) is 22.7 Å². The third-order valence-electron chi connectivity index (χ3n) is 5.33. The average molecular weight is 472 g/mol. The minimum absolute atomic E-state index is 0.117. The van der Waals surface area contributed by atoms with Gasteiger partial charge in [0.2, 0.25) is 0 Å². The number of aliphatic imine (C=N–C) groups is 1. The van der Waals surface area contributed by atoms with E-state index in [2.05, 4.69) is 10.3 Å². The van der Waals surface area contributed by atoms with E-state index in [4.69, 9.17) is 14.2 Å². The van der Waals surface area contributed by atoms with Gasteiger partial charge in [0.25, 0.3) is 5.56 Å². The molecule has 1 heterocycles. The number of aromatic hydroxyl groups is 1. The van der Waals surface area contributed by atoms with E-state index in [1.165, 1.54) is 16.8 Å². The molecule has 0 unspecified atom stereocenters. The van der Waals surface area contributed by atoms with Crippen molar-refractivity contribution in [2.75, 3.05) is 26.6 Å². The van der Waals surface area contributed by atoms with Gasteiger partial charge in [-0.05, 0) is 72.8 Å². The summed E-state index contributed by atoms with van der Waals surface area (Å²) in [5.74, 6) is 1.93. The lowest BCUT2D eigenvalue weighted by Gasteiger charge is -2.15. The maximum atomic E-state index is 13.6. The van der Waals surface area contributed by atoms with E-state index >= 15 is 0 Å². The fourth-order valence-corrected chi connectivity index (χ4v) is 3.45. The maximum absolute atomic E-state index is 13.6. The van der Waals surface area contributed by atoms with Crippen molar-refractivity contribution in [1.29, 1.82) is 0 Å². The number of benzene rings is 3. The molecule has 3 aromatic carbocycles. The highest BCUT2D eigenvalue weighted by Crippen LogP contribution is 2.26. The number of rotatable bonds is 8. The Kier molecular flexibility index (Phi) is 7.02. The third kappa shape index (κ3) is 5.27. The largest absolute Gasteiger partial charge is 0.506 e. The van der Waals surface area contributed by atoms with Crippen molar-refractivity contribution in [3.05, 3.63) is 94.9 Å². The number of hydrogen-bond donors (Lipinski definition) is 2. The number of aromatic nitrogens is 1. The first-order valence-corrected chi connectivity index (χ1v) is 10.7. The van der Waals surface area contributed by atoms with E-state index < -0.39 is 0 Å². The quantitative estimate of drug-likeness (QED) is 0.349. The van der Waals surface area contributed by atoms with Crippen LogP contribution in [0.1, 0.15) is 5.69 Å². The normalized spacial score (nSPS) is 10.8. The summed E-state index contributed by atoms with van der Waals surface area (Å²) in [6.45, 7) is 0. The Labute approximate surface area is 202 Å². The van der Waals surface area contributed by atoms with Gasteiger partial charge in [-0.3, -0.25) is 14.4 Å². The van der Waals surface area contributed by atoms with Crippen molar-refractivity contribution in [1.82, 2.24) is 4.57 Å². The smallest absolute Gasteiger partial charge is 0.279 e. The van der Waals surface area contributed by atoms with E-state index in [9.17, 15) is 9.90 Å². The predicted octanol–water partition coefficient (Wildman–Crippen LogP) is 5.06. The molecule has 0 spiro atoms. The van der Waals surface area contributed by atoms with Crippen LogP contribution in [0.25, 0.3) is 5.69 Å². The molecule has 2 N–H and O–H groups in total. The molecular weight excluding hydrogens is 446 g/mol. The van der Waals surface area contributed by atoms with Gasteiger partial charge in [-0.2, -0.15) is 0 Å². The highest BCUT2D eigenvalue weighted by Gasteiger charge is 2.16. The van der Waals surface area contributed by atoms with Crippen molar-refractivity contribution in [2.24, 2.45) is 4.99 Å². The van der Waals surface area contributed by atoms with Crippen LogP contribution in [0.3, 0.4) is 0 Å². The zero-order chi connectivity index (χ0) is 24.8. The number of nitrogens with zero attached hydrogens (tertiary/aromatic N) is 2. The van der Waals surface area contributed by atoms with Crippen LogP contribution in [-0.2, 0) is 0 Å². The molecule has 0 aliphatic heterocycles. The third-order valence-corrected chi connectivity index (χ3v) is 5.33. The van der Waals surface area contributed by atoms with Gasteiger partial charge in [0.15, 0.2) is 0 Å². The Bertz CT molecular complexity index is 1380. The predicted molar refractivity (Wildman–Crippen MR) is 137 cm³/mol. The number of methoxy groups -OCH3 is 3. The number of hydrogen-bond acceptors (Lipinski definition) is 7. The molecule has 8 nitrogen and oxygen atoms in total. The van der Waals surface area contributed by atoms with Gasteiger partial charge in [0, 0.05) is 17.4 Å². The number of ether oxygens (including phenoxy) is 3. The Balaban J connectivity index is 1.79. The summed E-state index contributed by atoms with van der Waals surface area (Å²) < 4.78 is 17.0. The zero-order valence-corrected chi connectivity index (χ0v) is 19.6. The molecule has 0 aliphatic rings. The van der Waals surface area contributed by atoms with Crippen LogP contribution in [0.2, 0.25) is 0 Å². The molecule has 35 heavy (non-hydrogen) atoms. The first kappa shape index (κ1) is 23.4. The summed E-state index contributed by atoms with van der Waals surface area (Å²) in [6, 6.07) is 22.6. The molecule has 0 fully saturated rings. The second-order valence-corrected chi connectivity index (χ2v) is 7.48. The van der Waals surface area contributed by atoms with Crippen LogP contribution in [0.15, 0.2) is 88.6 Å². The Hall–Kier alpha value is -4.72. The van der Waals surface area contributed by atoms with Gasteiger partial charge in [-0.25, -0.2) is 0 Å². The molecule has 0 radical (unpaired) electrons. The van der Waals surface area contributed by atoms with Crippen molar-refractivity contribution >= 4 is 23.3 Å². The molecule has 0 atom stereocenters. The molecule has 0 aliphatic carbocycles. The van der Waals surface area contributed by atoms with Crippen LogP contribution in [0.5, 0.6) is 23.0 Å². The molecule has 178 valence electrons. The number of nitrogens with one attached hydrogen (secondary N) is 1. The molecule has 1 aromatic heterocycles.